The highest BCUT2D eigenvalue weighted by atomic mass is 31.2. The molecule has 11 N–H and O–H groups in total. The van der Waals surface area contributed by atoms with E-state index in [4.69, 9.17) is 35.0 Å². The molecule has 5 atom stereocenters. The topological polar surface area (TPSA) is 292 Å². The molecule has 17 nitrogen and oxygen atoms in total. The van der Waals surface area contributed by atoms with E-state index >= 15 is 0 Å². The van der Waals surface area contributed by atoms with Crippen LogP contribution in [-0.4, -0.2) is 99.3 Å². The highest BCUT2D eigenvalue weighted by Gasteiger charge is 2.48. The van der Waals surface area contributed by atoms with E-state index in [-0.39, 0.29) is 18.9 Å². The third kappa shape index (κ3) is 9.50. The van der Waals surface area contributed by atoms with Gasteiger partial charge >= 0.3 is 25.4 Å². The molecule has 0 amide bonds. The highest BCUT2D eigenvalue weighted by Crippen LogP contribution is 2.31. The summed E-state index contributed by atoms with van der Waals surface area (Å²) in [6.45, 7) is -0.443. The molecule has 2 heterocycles. The molecule has 1 aromatic rings. The molecule has 2 rings (SSSR count). The highest BCUT2D eigenvalue weighted by molar-refractivity contribution is 7.49. The number of ether oxygens (including phenoxy) is 1. The predicted octanol–water partition coefficient (Wildman–Crippen LogP) is -3.95. The maximum Gasteiger partial charge on any atom is 0.397 e. The number of carbonyl (C=O) groups is 2. The lowest BCUT2D eigenvalue weighted by atomic mass is 10.1. The molecule has 1 aliphatic heterocycles. The Balaban J connectivity index is 0.000000981. The number of aromatic nitrogens is 2. The van der Waals surface area contributed by atoms with Crippen LogP contribution in [0, 0.1) is 0 Å². The van der Waals surface area contributed by atoms with Gasteiger partial charge in [-0.2, -0.15) is 4.98 Å². The number of hydrogen-bond donors (Lipinski definition) is 9. The lowest BCUT2D eigenvalue weighted by Crippen LogP contribution is -2.50. The van der Waals surface area contributed by atoms with Crippen LogP contribution < -0.4 is 16.9 Å². The van der Waals surface area contributed by atoms with Crippen LogP contribution in [0.15, 0.2) is 17.1 Å². The van der Waals surface area contributed by atoms with Gasteiger partial charge in [0.1, 0.15) is 30.4 Å². The number of aliphatic hydroxyl groups excluding tert-OH is 3. The number of carboxylic acid groups (broad SMARTS) is 2. The summed E-state index contributed by atoms with van der Waals surface area (Å²) in [5, 5.41) is 48.7. The molecular weight excluding hydrogens is 473 g/mol. The SMILES string of the molecule is NP(=O)(O)O.Nc1ccn([C@@H]2O[C@H](C(O)N(CCC(=O)O)CCC(=O)O)[C@@H](O)[C@H]2O)c(=O)n1. The van der Waals surface area contributed by atoms with Crippen LogP contribution in [-0.2, 0) is 18.9 Å². The third-order valence-electron chi connectivity index (χ3n) is 4.29. The molecule has 1 aromatic heterocycles. The average Bonchev–Trinajstić information content (AvgIpc) is 2.95. The molecule has 18 heteroatoms. The first-order valence-corrected chi connectivity index (χ1v) is 10.9. The van der Waals surface area contributed by atoms with Crippen molar-refractivity contribution in [1.82, 2.24) is 14.5 Å². The van der Waals surface area contributed by atoms with E-state index in [1.54, 1.807) is 0 Å². The van der Waals surface area contributed by atoms with Crippen LogP contribution in [0.2, 0.25) is 0 Å². The van der Waals surface area contributed by atoms with E-state index in [1.165, 1.54) is 12.3 Å². The van der Waals surface area contributed by atoms with Crippen LogP contribution in [0.25, 0.3) is 0 Å². The second-order valence-corrected chi connectivity index (χ2v) is 8.02. The van der Waals surface area contributed by atoms with E-state index in [0.29, 0.717) is 0 Å². The Labute approximate surface area is 185 Å². The van der Waals surface area contributed by atoms with Gasteiger partial charge in [0.25, 0.3) is 0 Å². The van der Waals surface area contributed by atoms with Gasteiger partial charge in [-0.15, -0.1) is 0 Å². The fourth-order valence-electron chi connectivity index (χ4n) is 2.84. The van der Waals surface area contributed by atoms with Gasteiger partial charge in [-0.05, 0) is 6.07 Å². The minimum atomic E-state index is -4.14. The molecule has 0 spiro atoms. The van der Waals surface area contributed by atoms with Crippen molar-refractivity contribution in [2.45, 2.75) is 43.6 Å². The smallest absolute Gasteiger partial charge is 0.397 e. The van der Waals surface area contributed by atoms with Gasteiger partial charge in [-0.1, -0.05) is 0 Å². The first-order valence-electron chi connectivity index (χ1n) is 9.18. The second-order valence-electron chi connectivity index (χ2n) is 6.84. The molecule has 1 saturated heterocycles. The average molecular weight is 499 g/mol. The minimum absolute atomic E-state index is 0.0561. The Hall–Kier alpha value is -2.47. The molecule has 1 aliphatic rings. The Kier molecular flexibility index (Phi) is 10.5. The van der Waals surface area contributed by atoms with Crippen LogP contribution in [0.3, 0.4) is 0 Å². The quantitative estimate of drug-likeness (QED) is 0.116. The molecular formula is C15H26N5O12P. The number of aliphatic hydroxyl groups is 3. The molecule has 0 aliphatic carbocycles. The van der Waals surface area contributed by atoms with Gasteiger partial charge in [-0.3, -0.25) is 19.1 Å². The van der Waals surface area contributed by atoms with E-state index in [2.05, 4.69) is 10.5 Å². The Morgan fingerprint density at radius 2 is 1.67 bits per heavy atom. The summed E-state index contributed by atoms with van der Waals surface area (Å²) >= 11 is 0. The second kappa shape index (κ2) is 12.1. The van der Waals surface area contributed by atoms with Crippen molar-refractivity contribution in [2.24, 2.45) is 5.50 Å². The van der Waals surface area contributed by atoms with Gasteiger partial charge in [0.15, 0.2) is 6.23 Å². The number of anilines is 1. The summed E-state index contributed by atoms with van der Waals surface area (Å²) in [5.74, 6) is -2.39. The summed E-state index contributed by atoms with van der Waals surface area (Å²) in [6.07, 6.45) is -7.29. The number of hydrogen-bond acceptors (Lipinski definition) is 11. The number of nitrogens with two attached hydrogens (primary N) is 2. The summed E-state index contributed by atoms with van der Waals surface area (Å²) in [6, 6.07) is 1.28. The van der Waals surface area contributed by atoms with Crippen molar-refractivity contribution in [3.05, 3.63) is 22.7 Å². The molecule has 188 valence electrons. The van der Waals surface area contributed by atoms with Crippen molar-refractivity contribution in [3.63, 3.8) is 0 Å². The van der Waals surface area contributed by atoms with E-state index in [9.17, 15) is 29.7 Å². The summed E-state index contributed by atoms with van der Waals surface area (Å²) in [5.41, 5.74) is 8.57. The number of nitrogen functional groups attached to an aromatic ring is 1. The van der Waals surface area contributed by atoms with Gasteiger partial charge in [-0.25, -0.2) is 14.9 Å². The monoisotopic (exact) mass is 499 g/mol. The minimum Gasteiger partial charge on any atom is -0.481 e. The molecule has 0 bridgehead atoms. The van der Waals surface area contributed by atoms with Crippen LogP contribution >= 0.6 is 7.75 Å². The first kappa shape index (κ1) is 28.6. The fourth-order valence-corrected chi connectivity index (χ4v) is 2.84. The van der Waals surface area contributed by atoms with E-state index in [1.807, 2.05) is 0 Å². The lowest BCUT2D eigenvalue weighted by Gasteiger charge is -2.31. The van der Waals surface area contributed by atoms with Crippen molar-refractivity contribution in [2.75, 3.05) is 18.8 Å². The van der Waals surface area contributed by atoms with E-state index < -0.39 is 69.0 Å². The standard InChI is InChI=1S/C15H22N4O9.H4NO3P/c16-7-1-6-19(15(27)17-7)14-11(25)10(24)12(28-14)13(26)18(4-2-8(20)21)5-3-9(22)23;1-5(2,3)4/h1,6,10-14,24-26H,2-5H2,(H,20,21)(H,22,23)(H2,16,17,27);(H4,1,2,3,4)/t10-,11+,12-,13?,14+;/m0./s1. The van der Waals surface area contributed by atoms with Gasteiger partial charge in [0.2, 0.25) is 0 Å². The summed E-state index contributed by atoms with van der Waals surface area (Å²) in [7, 11) is -4.14. The molecule has 33 heavy (non-hydrogen) atoms. The molecule has 1 fully saturated rings. The Morgan fingerprint density at radius 1 is 1.18 bits per heavy atom. The van der Waals surface area contributed by atoms with Crippen molar-refractivity contribution >= 4 is 25.5 Å². The lowest BCUT2D eigenvalue weighted by molar-refractivity contribution is -0.150. The zero-order valence-electron chi connectivity index (χ0n) is 17.0. The van der Waals surface area contributed by atoms with Crippen molar-refractivity contribution in [3.8, 4) is 0 Å². The number of rotatable bonds is 9. The third-order valence-corrected chi connectivity index (χ3v) is 4.29. The van der Waals surface area contributed by atoms with Crippen molar-refractivity contribution < 1.29 is 54.2 Å². The van der Waals surface area contributed by atoms with Gasteiger partial charge in [0, 0.05) is 19.3 Å². The maximum atomic E-state index is 11.9. The summed E-state index contributed by atoms with van der Waals surface area (Å²) in [4.78, 5) is 53.0. The van der Waals surface area contributed by atoms with Crippen LogP contribution in [0.4, 0.5) is 5.82 Å². The number of aliphatic carboxylic acids is 2. The molecule has 1 unspecified atom stereocenters. The fraction of sp³-hybridized carbons (Fsp3) is 0.600. The molecule has 0 saturated carbocycles. The van der Waals surface area contributed by atoms with Gasteiger partial charge in [0.05, 0.1) is 12.8 Å². The normalized spacial score (nSPS) is 23.6. The van der Waals surface area contributed by atoms with E-state index in [0.717, 1.165) is 9.47 Å². The van der Waals surface area contributed by atoms with Crippen LogP contribution in [0.5, 0.6) is 0 Å². The predicted molar refractivity (Wildman–Crippen MR) is 107 cm³/mol. The van der Waals surface area contributed by atoms with Gasteiger partial charge < -0.3 is 45.8 Å². The zero-order chi connectivity index (χ0) is 25.5. The Morgan fingerprint density at radius 3 is 2.09 bits per heavy atom. The largest absolute Gasteiger partial charge is 0.481 e. The molecule has 0 aromatic carbocycles. The zero-order valence-corrected chi connectivity index (χ0v) is 17.9. The van der Waals surface area contributed by atoms with Crippen molar-refractivity contribution in [1.29, 1.82) is 0 Å². The summed E-state index contributed by atoms with van der Waals surface area (Å²) < 4.78 is 15.4. The Bertz CT molecular complexity index is 897. The number of nitrogens with zero attached hydrogens (tertiary/aromatic N) is 3. The maximum absolute atomic E-state index is 11.9. The molecule has 0 radical (unpaired) electrons. The number of carboxylic acids is 2. The van der Waals surface area contributed by atoms with Crippen LogP contribution in [0.1, 0.15) is 19.1 Å². The first-order chi connectivity index (χ1) is 15.1.